The third-order valence-corrected chi connectivity index (χ3v) is 7.24. The highest BCUT2D eigenvalue weighted by Gasteiger charge is 2.20. The van der Waals surface area contributed by atoms with Crippen LogP contribution < -0.4 is 9.47 Å². The van der Waals surface area contributed by atoms with Crippen LogP contribution >= 0.6 is 0 Å². The Morgan fingerprint density at radius 3 is 1.72 bits per heavy atom. The maximum atomic E-state index is 11.8. The predicted octanol–water partition coefficient (Wildman–Crippen LogP) is 7.98. The standard InChI is InChI=1S/C35H48N2O6/c1-8-10-12-26(9-2)13-11-14-29(37)28-16-18-31(41-20-22-43-35(39)24(5)6)33-30(17-15-27(25(7)36)32(28)33)40-19-21-42-34(38)23(3)4/h15-18,26,36-37H,3,5,8-14,19-22H2,1-2,4,6-7H3. The summed E-state index contributed by atoms with van der Waals surface area (Å²) in [5.74, 6) is 0.623. The summed E-state index contributed by atoms with van der Waals surface area (Å²) in [5, 5.41) is 18.9. The van der Waals surface area contributed by atoms with Crippen LogP contribution in [0.15, 0.2) is 48.6 Å². The zero-order valence-electron chi connectivity index (χ0n) is 26.5. The Balaban J connectivity index is 2.43. The van der Waals surface area contributed by atoms with E-state index in [1.165, 1.54) is 19.3 Å². The van der Waals surface area contributed by atoms with Crippen molar-refractivity contribution < 1.29 is 28.5 Å². The SMILES string of the molecule is C=C(C)C(=O)OCCOc1ccc(C(C)=N)c2c(C(=N)CCCC(CC)CCCC)ccc(OCCOC(=O)C(=C)C)c12. The molecule has 0 amide bonds. The van der Waals surface area contributed by atoms with Gasteiger partial charge in [-0.3, -0.25) is 0 Å². The van der Waals surface area contributed by atoms with Gasteiger partial charge in [0.2, 0.25) is 0 Å². The Morgan fingerprint density at radius 1 is 0.744 bits per heavy atom. The molecule has 2 aromatic carbocycles. The van der Waals surface area contributed by atoms with Gasteiger partial charge in [0, 0.05) is 39.1 Å². The molecule has 0 heterocycles. The van der Waals surface area contributed by atoms with Crippen LogP contribution in [0.4, 0.5) is 0 Å². The highest BCUT2D eigenvalue weighted by atomic mass is 16.6. The van der Waals surface area contributed by atoms with Crippen molar-refractivity contribution in [1.82, 2.24) is 0 Å². The number of benzene rings is 2. The van der Waals surface area contributed by atoms with Crippen molar-refractivity contribution in [2.45, 2.75) is 79.6 Å². The topological polar surface area (TPSA) is 119 Å². The summed E-state index contributed by atoms with van der Waals surface area (Å²) < 4.78 is 22.5. The lowest BCUT2D eigenvalue weighted by Crippen LogP contribution is -2.14. The van der Waals surface area contributed by atoms with Crippen molar-refractivity contribution in [1.29, 1.82) is 10.8 Å². The molecule has 0 aromatic heterocycles. The maximum absolute atomic E-state index is 11.8. The summed E-state index contributed by atoms with van der Waals surface area (Å²) in [7, 11) is 0. The quantitative estimate of drug-likeness (QED) is 0.0696. The number of unbranched alkanes of at least 4 members (excludes halogenated alkanes) is 1. The molecule has 0 saturated heterocycles. The summed E-state index contributed by atoms with van der Waals surface area (Å²) in [5.41, 5.74) is 2.84. The smallest absolute Gasteiger partial charge is 0.333 e. The molecule has 0 spiro atoms. The molecular weight excluding hydrogens is 544 g/mol. The summed E-state index contributed by atoms with van der Waals surface area (Å²) >= 11 is 0. The van der Waals surface area contributed by atoms with Crippen molar-refractivity contribution in [3.05, 3.63) is 59.7 Å². The number of carbonyl (C=O) groups is 2. The van der Waals surface area contributed by atoms with Gasteiger partial charge < -0.3 is 29.8 Å². The summed E-state index contributed by atoms with van der Waals surface area (Å²) in [4.78, 5) is 23.6. The van der Waals surface area contributed by atoms with Gasteiger partial charge in [-0.2, -0.15) is 0 Å². The van der Waals surface area contributed by atoms with E-state index < -0.39 is 11.9 Å². The van der Waals surface area contributed by atoms with Crippen LogP contribution in [0, 0.1) is 16.7 Å². The number of carbonyl (C=O) groups excluding carboxylic acids is 2. The number of esters is 2. The Hall–Kier alpha value is -3.94. The van der Waals surface area contributed by atoms with Crippen molar-refractivity contribution >= 4 is 34.1 Å². The van der Waals surface area contributed by atoms with Gasteiger partial charge in [0.1, 0.15) is 37.9 Å². The molecule has 8 nitrogen and oxygen atoms in total. The maximum Gasteiger partial charge on any atom is 0.333 e. The van der Waals surface area contributed by atoms with Gasteiger partial charge in [0.05, 0.1) is 5.39 Å². The number of nitrogens with one attached hydrogen (secondary N) is 2. The molecule has 0 bridgehead atoms. The number of fused-ring (bicyclic) bond motifs is 1. The first-order valence-electron chi connectivity index (χ1n) is 15.2. The zero-order valence-corrected chi connectivity index (χ0v) is 26.5. The number of rotatable bonds is 20. The first-order chi connectivity index (χ1) is 20.5. The van der Waals surface area contributed by atoms with Gasteiger partial charge in [0.15, 0.2) is 0 Å². The van der Waals surface area contributed by atoms with E-state index in [0.717, 1.165) is 24.8 Å². The zero-order chi connectivity index (χ0) is 31.9. The van der Waals surface area contributed by atoms with Crippen LogP contribution in [-0.4, -0.2) is 49.8 Å². The second-order valence-corrected chi connectivity index (χ2v) is 10.9. The Bertz CT molecular complexity index is 1290. The lowest BCUT2D eigenvalue weighted by molar-refractivity contribution is -0.140. The van der Waals surface area contributed by atoms with E-state index >= 15 is 0 Å². The van der Waals surface area contributed by atoms with Crippen molar-refractivity contribution in [3.8, 4) is 11.5 Å². The average molecular weight is 593 g/mol. The third kappa shape index (κ3) is 10.7. The van der Waals surface area contributed by atoms with Gasteiger partial charge >= 0.3 is 11.9 Å². The number of ether oxygens (including phenoxy) is 4. The molecule has 1 unspecified atom stereocenters. The van der Waals surface area contributed by atoms with Crippen LogP contribution in [0.3, 0.4) is 0 Å². The summed E-state index contributed by atoms with van der Waals surface area (Å²) in [6.45, 7) is 16.7. The van der Waals surface area contributed by atoms with Gasteiger partial charge in [-0.1, -0.05) is 59.1 Å². The van der Waals surface area contributed by atoms with Gasteiger partial charge in [0.25, 0.3) is 0 Å². The second kappa shape index (κ2) is 17.9. The molecule has 0 aliphatic carbocycles. The largest absolute Gasteiger partial charge is 0.489 e. The molecule has 0 aliphatic rings. The van der Waals surface area contributed by atoms with Crippen LogP contribution in [0.25, 0.3) is 10.8 Å². The molecule has 234 valence electrons. The summed E-state index contributed by atoms with van der Waals surface area (Å²) in [6, 6.07) is 7.23. The molecule has 8 heteroatoms. The predicted molar refractivity (Wildman–Crippen MR) is 173 cm³/mol. The monoisotopic (exact) mass is 592 g/mol. The molecule has 2 rings (SSSR count). The highest BCUT2D eigenvalue weighted by Crippen LogP contribution is 2.39. The fraction of sp³-hybridized carbons (Fsp3) is 0.486. The first kappa shape index (κ1) is 35.3. The molecule has 43 heavy (non-hydrogen) atoms. The van der Waals surface area contributed by atoms with Crippen molar-refractivity contribution in [2.75, 3.05) is 26.4 Å². The van der Waals surface area contributed by atoms with Crippen LogP contribution in [-0.2, 0) is 19.1 Å². The highest BCUT2D eigenvalue weighted by molar-refractivity contribution is 6.19. The fourth-order valence-electron chi connectivity index (χ4n) is 4.80. The lowest BCUT2D eigenvalue weighted by Gasteiger charge is -2.20. The van der Waals surface area contributed by atoms with Crippen LogP contribution in [0.2, 0.25) is 0 Å². The molecule has 2 aromatic rings. The number of hydrogen-bond donors (Lipinski definition) is 2. The Morgan fingerprint density at radius 2 is 1.26 bits per heavy atom. The molecule has 0 saturated carbocycles. The fourth-order valence-corrected chi connectivity index (χ4v) is 4.80. The van der Waals surface area contributed by atoms with E-state index in [1.807, 2.05) is 12.1 Å². The Labute approximate surface area is 256 Å². The van der Waals surface area contributed by atoms with Gasteiger partial charge in [-0.15, -0.1) is 0 Å². The van der Waals surface area contributed by atoms with Crippen LogP contribution in [0.1, 0.15) is 90.7 Å². The van der Waals surface area contributed by atoms with E-state index in [2.05, 4.69) is 27.0 Å². The van der Waals surface area contributed by atoms with E-state index in [1.54, 1.807) is 32.9 Å². The van der Waals surface area contributed by atoms with E-state index in [4.69, 9.17) is 29.8 Å². The molecule has 0 radical (unpaired) electrons. The normalized spacial score (nSPS) is 11.5. The minimum absolute atomic E-state index is 0.0255. The lowest BCUT2D eigenvalue weighted by atomic mass is 9.89. The van der Waals surface area contributed by atoms with Crippen molar-refractivity contribution in [2.24, 2.45) is 5.92 Å². The second-order valence-electron chi connectivity index (χ2n) is 10.9. The van der Waals surface area contributed by atoms with Crippen molar-refractivity contribution in [3.63, 3.8) is 0 Å². The first-order valence-corrected chi connectivity index (χ1v) is 15.2. The van der Waals surface area contributed by atoms with Crippen LogP contribution in [0.5, 0.6) is 11.5 Å². The molecule has 2 N–H and O–H groups in total. The Kier molecular flexibility index (Phi) is 14.7. The average Bonchev–Trinajstić information content (AvgIpc) is 2.98. The number of hydrogen-bond acceptors (Lipinski definition) is 8. The van der Waals surface area contributed by atoms with E-state index in [9.17, 15) is 9.59 Å². The van der Waals surface area contributed by atoms with Gasteiger partial charge in [-0.25, -0.2) is 9.59 Å². The summed E-state index contributed by atoms with van der Waals surface area (Å²) in [6.07, 6.45) is 7.39. The molecule has 1 atom stereocenters. The van der Waals surface area contributed by atoms with E-state index in [0.29, 0.717) is 62.7 Å². The minimum atomic E-state index is -0.493. The van der Waals surface area contributed by atoms with Gasteiger partial charge in [-0.05, 0) is 63.8 Å². The molecular formula is C35H48N2O6. The third-order valence-electron chi connectivity index (χ3n) is 7.24. The molecule has 0 fully saturated rings. The minimum Gasteiger partial charge on any atom is -0.489 e. The molecule has 0 aliphatic heterocycles. The van der Waals surface area contributed by atoms with E-state index in [-0.39, 0.29) is 26.4 Å².